The molecule has 1 heterocycles. The fraction of sp³-hybridized carbons (Fsp3) is 0.533. The average Bonchev–Trinajstić information content (AvgIpc) is 3.29. The van der Waals surface area contributed by atoms with E-state index >= 15 is 0 Å². The van der Waals surface area contributed by atoms with Crippen LogP contribution >= 0.6 is 0 Å². The summed E-state index contributed by atoms with van der Waals surface area (Å²) in [7, 11) is 1.50. The summed E-state index contributed by atoms with van der Waals surface area (Å²) in [6, 6.07) is 9.32. The van der Waals surface area contributed by atoms with Crippen molar-refractivity contribution in [3.8, 4) is 0 Å². The van der Waals surface area contributed by atoms with E-state index in [-0.39, 0.29) is 29.9 Å². The van der Waals surface area contributed by atoms with Crippen molar-refractivity contribution in [2.75, 3.05) is 7.11 Å². The molecule has 1 aromatic heterocycles. The van der Waals surface area contributed by atoms with Gasteiger partial charge in [0.05, 0.1) is 24.4 Å². The van der Waals surface area contributed by atoms with Gasteiger partial charge >= 0.3 is 11.9 Å². The van der Waals surface area contributed by atoms with Crippen LogP contribution in [0.5, 0.6) is 0 Å². The van der Waals surface area contributed by atoms with Gasteiger partial charge in [-0.05, 0) is 93.4 Å². The number of carbonyl (C=O) groups is 2. The van der Waals surface area contributed by atoms with Gasteiger partial charge in [-0.15, -0.1) is 0 Å². The Hall–Kier alpha value is -2.82. The standard InChI is InChI=1S/C30H38O5/c1-20-7-10-23(11-8-20)27(31)35-19-25-22(15-18-34-25)12-13-24-21(2)9-14-26-29(24,3)16-6-17-30(26,4)28(32)33-5/h7-8,10-11,15,18,24,26H,2,6,9,12-14,16-17,19H2,1,3-5H3/t24-,26?,29+,30?/m0/s1. The molecule has 0 spiro atoms. The van der Waals surface area contributed by atoms with Crippen LogP contribution in [0.4, 0.5) is 0 Å². The SMILES string of the molecule is C=C1CCC2C(C)(C(=O)OC)CCC[C@]2(C)[C@H]1CCc1ccoc1COC(=O)c1ccc(C)cc1. The largest absolute Gasteiger partial charge is 0.469 e. The van der Waals surface area contributed by atoms with Crippen molar-refractivity contribution < 1.29 is 23.5 Å². The van der Waals surface area contributed by atoms with Crippen LogP contribution in [0.15, 0.2) is 53.2 Å². The number of methoxy groups -OCH3 is 1. The highest BCUT2D eigenvalue weighted by Crippen LogP contribution is 2.62. The summed E-state index contributed by atoms with van der Waals surface area (Å²) in [5, 5.41) is 0. The van der Waals surface area contributed by atoms with E-state index < -0.39 is 5.41 Å². The Balaban J connectivity index is 1.44. The molecular formula is C30H38O5. The number of carbonyl (C=O) groups excluding carboxylic acids is 2. The van der Waals surface area contributed by atoms with Crippen LogP contribution in [0.1, 0.15) is 79.6 Å². The average molecular weight is 479 g/mol. The predicted molar refractivity (Wildman–Crippen MR) is 135 cm³/mol. The van der Waals surface area contributed by atoms with E-state index in [9.17, 15) is 9.59 Å². The van der Waals surface area contributed by atoms with Crippen molar-refractivity contribution in [3.63, 3.8) is 0 Å². The Morgan fingerprint density at radius 2 is 1.89 bits per heavy atom. The van der Waals surface area contributed by atoms with Crippen LogP contribution in [-0.4, -0.2) is 19.0 Å². The summed E-state index contributed by atoms with van der Waals surface area (Å²) in [6.45, 7) is 11.0. The lowest BCUT2D eigenvalue weighted by Gasteiger charge is -2.57. The molecule has 0 saturated heterocycles. The highest BCUT2D eigenvalue weighted by Gasteiger charge is 2.57. The molecule has 2 unspecified atom stereocenters. The summed E-state index contributed by atoms with van der Waals surface area (Å²) in [6.07, 6.45) is 8.36. The van der Waals surface area contributed by atoms with Crippen molar-refractivity contribution in [2.24, 2.45) is 22.7 Å². The summed E-state index contributed by atoms with van der Waals surface area (Å²) in [4.78, 5) is 25.2. The van der Waals surface area contributed by atoms with Gasteiger partial charge in [0.25, 0.3) is 0 Å². The van der Waals surface area contributed by atoms with Crippen LogP contribution in [-0.2, 0) is 27.3 Å². The zero-order valence-corrected chi connectivity index (χ0v) is 21.5. The molecule has 5 nitrogen and oxygen atoms in total. The number of hydrogen-bond donors (Lipinski definition) is 0. The minimum atomic E-state index is -0.439. The zero-order valence-electron chi connectivity index (χ0n) is 21.5. The minimum absolute atomic E-state index is 0.0122. The van der Waals surface area contributed by atoms with Gasteiger partial charge in [0.2, 0.25) is 0 Å². The molecule has 1 aromatic carbocycles. The lowest BCUT2D eigenvalue weighted by Crippen LogP contribution is -2.53. The van der Waals surface area contributed by atoms with Gasteiger partial charge in [-0.3, -0.25) is 4.79 Å². The van der Waals surface area contributed by atoms with Gasteiger partial charge in [-0.2, -0.15) is 0 Å². The van der Waals surface area contributed by atoms with Crippen LogP contribution in [0.2, 0.25) is 0 Å². The first-order valence-electron chi connectivity index (χ1n) is 12.7. The topological polar surface area (TPSA) is 65.7 Å². The van der Waals surface area contributed by atoms with Crippen molar-refractivity contribution in [2.45, 2.75) is 72.3 Å². The Kier molecular flexibility index (Phi) is 7.25. The monoisotopic (exact) mass is 478 g/mol. The Morgan fingerprint density at radius 1 is 1.14 bits per heavy atom. The van der Waals surface area contributed by atoms with Crippen molar-refractivity contribution in [1.29, 1.82) is 0 Å². The maximum atomic E-state index is 12.8. The number of furan rings is 1. The van der Waals surface area contributed by atoms with Gasteiger partial charge < -0.3 is 13.9 Å². The van der Waals surface area contributed by atoms with E-state index in [2.05, 4.69) is 20.4 Å². The number of aryl methyl sites for hydroxylation is 2. The first-order valence-corrected chi connectivity index (χ1v) is 12.7. The molecule has 2 aliphatic carbocycles. The van der Waals surface area contributed by atoms with E-state index in [0.717, 1.165) is 56.1 Å². The summed E-state index contributed by atoms with van der Waals surface area (Å²) < 4.78 is 16.5. The van der Waals surface area contributed by atoms with E-state index in [1.54, 1.807) is 18.4 Å². The molecule has 35 heavy (non-hydrogen) atoms. The molecule has 2 aliphatic rings. The van der Waals surface area contributed by atoms with Crippen molar-refractivity contribution in [3.05, 3.63) is 71.2 Å². The maximum Gasteiger partial charge on any atom is 0.338 e. The molecule has 2 aromatic rings. The van der Waals surface area contributed by atoms with Crippen molar-refractivity contribution in [1.82, 2.24) is 0 Å². The van der Waals surface area contributed by atoms with Crippen molar-refractivity contribution >= 4 is 11.9 Å². The quantitative estimate of drug-likeness (QED) is 0.322. The van der Waals surface area contributed by atoms with Gasteiger partial charge in [0.15, 0.2) is 0 Å². The predicted octanol–water partition coefficient (Wildman–Crippen LogP) is 6.83. The number of allylic oxidation sites excluding steroid dienone is 1. The summed E-state index contributed by atoms with van der Waals surface area (Å²) in [5.41, 5.74) is 3.55. The van der Waals surface area contributed by atoms with Gasteiger partial charge in [0.1, 0.15) is 12.4 Å². The van der Waals surface area contributed by atoms with E-state index in [0.29, 0.717) is 17.2 Å². The second kappa shape index (κ2) is 10.0. The van der Waals surface area contributed by atoms with E-state index in [4.69, 9.17) is 13.9 Å². The molecule has 4 rings (SSSR count). The third kappa shape index (κ3) is 4.82. The fourth-order valence-electron chi connectivity index (χ4n) is 6.88. The smallest absolute Gasteiger partial charge is 0.338 e. The lowest BCUT2D eigenvalue weighted by molar-refractivity contribution is -0.168. The fourth-order valence-corrected chi connectivity index (χ4v) is 6.88. The molecule has 0 bridgehead atoms. The van der Waals surface area contributed by atoms with Gasteiger partial charge in [-0.1, -0.05) is 43.2 Å². The van der Waals surface area contributed by atoms with Crippen LogP contribution in [0.3, 0.4) is 0 Å². The highest BCUT2D eigenvalue weighted by molar-refractivity contribution is 5.89. The molecule has 4 atom stereocenters. The third-order valence-electron chi connectivity index (χ3n) is 8.83. The second-order valence-corrected chi connectivity index (χ2v) is 10.9. The van der Waals surface area contributed by atoms with Gasteiger partial charge in [-0.25, -0.2) is 4.79 Å². The molecule has 0 N–H and O–H groups in total. The normalized spacial score (nSPS) is 28.3. The van der Waals surface area contributed by atoms with Crippen LogP contribution in [0, 0.1) is 29.6 Å². The molecule has 2 saturated carbocycles. The molecule has 0 radical (unpaired) electrons. The molecule has 5 heteroatoms. The third-order valence-corrected chi connectivity index (χ3v) is 8.83. The van der Waals surface area contributed by atoms with Crippen LogP contribution in [0.25, 0.3) is 0 Å². The summed E-state index contributed by atoms with van der Waals surface area (Å²) >= 11 is 0. The number of esters is 2. The first kappa shape index (κ1) is 25.3. The zero-order chi connectivity index (χ0) is 25.2. The van der Waals surface area contributed by atoms with Crippen LogP contribution < -0.4 is 0 Å². The number of rotatable bonds is 7. The second-order valence-electron chi connectivity index (χ2n) is 10.9. The lowest BCUT2D eigenvalue weighted by atomic mass is 9.46. The molecule has 188 valence electrons. The maximum absolute atomic E-state index is 12.8. The Bertz CT molecular complexity index is 1080. The van der Waals surface area contributed by atoms with Gasteiger partial charge in [0, 0.05) is 0 Å². The van der Waals surface area contributed by atoms with E-state index in [1.807, 2.05) is 25.1 Å². The highest BCUT2D eigenvalue weighted by atomic mass is 16.5. The minimum Gasteiger partial charge on any atom is -0.469 e. The molecular weight excluding hydrogens is 440 g/mol. The number of benzene rings is 1. The van der Waals surface area contributed by atoms with E-state index in [1.165, 1.54) is 12.7 Å². The number of fused-ring (bicyclic) bond motifs is 1. The first-order chi connectivity index (χ1) is 16.7. The molecule has 2 fully saturated rings. The Morgan fingerprint density at radius 3 is 2.60 bits per heavy atom. The molecule has 0 aliphatic heterocycles. The number of ether oxygens (including phenoxy) is 2. The number of hydrogen-bond acceptors (Lipinski definition) is 5. The Labute approximate surface area is 208 Å². The molecule has 0 amide bonds. The summed E-state index contributed by atoms with van der Waals surface area (Å²) in [5.74, 6) is 0.867.